The number of rotatable bonds is 4. The standard InChI is InChI=1S/C19H26FN5/c1-12-11-25(13(2)10-21-12)17(14-6-8-16(20)9-7-14)19-22-18(15-4-5-15)23-24(19)3/h6-9,12-13,15,17,21H,4-5,10-11H2,1-3H3/t12-,13+,17?/m0/s1. The monoisotopic (exact) mass is 343 g/mol. The second-order valence-corrected chi connectivity index (χ2v) is 7.54. The number of benzene rings is 1. The molecular formula is C19H26FN5. The maximum atomic E-state index is 13.5. The molecule has 0 radical (unpaired) electrons. The molecule has 5 nitrogen and oxygen atoms in total. The van der Waals surface area contributed by atoms with Gasteiger partial charge in [-0.25, -0.2) is 9.37 Å². The smallest absolute Gasteiger partial charge is 0.154 e. The lowest BCUT2D eigenvalue weighted by Crippen LogP contribution is -2.55. The average molecular weight is 343 g/mol. The van der Waals surface area contributed by atoms with Gasteiger partial charge in [0.05, 0.1) is 6.04 Å². The number of nitrogens with zero attached hydrogens (tertiary/aromatic N) is 4. The lowest BCUT2D eigenvalue weighted by atomic mass is 9.99. The Kier molecular flexibility index (Phi) is 4.33. The summed E-state index contributed by atoms with van der Waals surface area (Å²) in [5.41, 5.74) is 1.07. The number of halogens is 1. The van der Waals surface area contributed by atoms with Gasteiger partial charge in [-0.1, -0.05) is 12.1 Å². The van der Waals surface area contributed by atoms with Gasteiger partial charge < -0.3 is 5.32 Å². The van der Waals surface area contributed by atoms with E-state index in [2.05, 4.69) is 29.2 Å². The van der Waals surface area contributed by atoms with Gasteiger partial charge in [0.15, 0.2) is 5.82 Å². The molecule has 1 aromatic carbocycles. The minimum Gasteiger partial charge on any atom is -0.311 e. The fourth-order valence-electron chi connectivity index (χ4n) is 3.71. The van der Waals surface area contributed by atoms with Crippen molar-refractivity contribution in [3.63, 3.8) is 0 Å². The van der Waals surface area contributed by atoms with Crippen molar-refractivity contribution in [2.75, 3.05) is 13.1 Å². The summed E-state index contributed by atoms with van der Waals surface area (Å²) in [5.74, 6) is 2.23. The van der Waals surface area contributed by atoms with E-state index < -0.39 is 0 Å². The minimum absolute atomic E-state index is 0.00912. The van der Waals surface area contributed by atoms with E-state index >= 15 is 0 Å². The molecule has 1 unspecified atom stereocenters. The van der Waals surface area contributed by atoms with Crippen molar-refractivity contribution in [1.82, 2.24) is 25.0 Å². The third-order valence-corrected chi connectivity index (χ3v) is 5.33. The number of aryl methyl sites for hydroxylation is 1. The highest BCUT2D eigenvalue weighted by molar-refractivity contribution is 5.27. The summed E-state index contributed by atoms with van der Waals surface area (Å²) in [4.78, 5) is 7.37. The SMILES string of the molecule is C[C@@H]1CN[C@@H](C)CN1C(c1ccc(F)cc1)c1nc(C2CC2)nn1C. The molecule has 2 heterocycles. The summed E-state index contributed by atoms with van der Waals surface area (Å²) in [5, 5.41) is 8.20. The molecule has 6 heteroatoms. The van der Waals surface area contributed by atoms with Gasteiger partial charge in [-0.15, -0.1) is 0 Å². The molecule has 1 saturated heterocycles. The molecule has 0 spiro atoms. The Hall–Kier alpha value is -1.79. The molecule has 3 atom stereocenters. The highest BCUT2D eigenvalue weighted by atomic mass is 19.1. The maximum Gasteiger partial charge on any atom is 0.154 e. The van der Waals surface area contributed by atoms with Gasteiger partial charge in [0.25, 0.3) is 0 Å². The van der Waals surface area contributed by atoms with Gasteiger partial charge in [-0.2, -0.15) is 5.10 Å². The largest absolute Gasteiger partial charge is 0.311 e. The predicted molar refractivity (Wildman–Crippen MR) is 94.9 cm³/mol. The van der Waals surface area contributed by atoms with Crippen molar-refractivity contribution in [2.24, 2.45) is 7.05 Å². The van der Waals surface area contributed by atoms with Crippen molar-refractivity contribution >= 4 is 0 Å². The summed E-state index contributed by atoms with van der Waals surface area (Å²) in [6.07, 6.45) is 2.37. The van der Waals surface area contributed by atoms with Gasteiger partial charge in [-0.3, -0.25) is 9.58 Å². The highest BCUT2D eigenvalue weighted by Crippen LogP contribution is 2.39. The average Bonchev–Trinajstić information content (AvgIpc) is 3.37. The van der Waals surface area contributed by atoms with Crippen LogP contribution in [0.25, 0.3) is 0 Å². The molecular weight excluding hydrogens is 317 g/mol. The van der Waals surface area contributed by atoms with Crippen LogP contribution in [0.15, 0.2) is 24.3 Å². The molecule has 1 aromatic heterocycles. The zero-order valence-corrected chi connectivity index (χ0v) is 15.1. The molecule has 0 amide bonds. The first-order valence-corrected chi connectivity index (χ1v) is 9.18. The van der Waals surface area contributed by atoms with Crippen LogP contribution in [-0.2, 0) is 7.05 Å². The van der Waals surface area contributed by atoms with Crippen LogP contribution in [0.2, 0.25) is 0 Å². The minimum atomic E-state index is -0.208. The van der Waals surface area contributed by atoms with Crippen molar-refractivity contribution in [3.05, 3.63) is 47.3 Å². The quantitative estimate of drug-likeness (QED) is 0.927. The number of hydrogen-bond donors (Lipinski definition) is 1. The molecule has 134 valence electrons. The molecule has 2 aromatic rings. The van der Waals surface area contributed by atoms with Crippen LogP contribution >= 0.6 is 0 Å². The zero-order valence-electron chi connectivity index (χ0n) is 15.1. The number of hydrogen-bond acceptors (Lipinski definition) is 4. The first-order valence-electron chi connectivity index (χ1n) is 9.18. The second-order valence-electron chi connectivity index (χ2n) is 7.54. The molecule has 1 aliphatic carbocycles. The molecule has 2 fully saturated rings. The van der Waals surface area contributed by atoms with E-state index in [0.29, 0.717) is 18.0 Å². The summed E-state index contributed by atoms with van der Waals surface area (Å²) < 4.78 is 15.4. The van der Waals surface area contributed by atoms with Crippen molar-refractivity contribution in [3.8, 4) is 0 Å². The summed E-state index contributed by atoms with van der Waals surface area (Å²) in [7, 11) is 1.97. The van der Waals surface area contributed by atoms with Crippen LogP contribution in [0.4, 0.5) is 4.39 Å². The molecule has 25 heavy (non-hydrogen) atoms. The fourth-order valence-corrected chi connectivity index (χ4v) is 3.71. The Morgan fingerprint density at radius 3 is 2.60 bits per heavy atom. The Balaban J connectivity index is 1.76. The van der Waals surface area contributed by atoms with Gasteiger partial charge in [0.1, 0.15) is 11.6 Å². The van der Waals surface area contributed by atoms with E-state index in [9.17, 15) is 4.39 Å². The first kappa shape index (κ1) is 16.7. The topological polar surface area (TPSA) is 46.0 Å². The van der Waals surface area contributed by atoms with Crippen LogP contribution in [-0.4, -0.2) is 44.8 Å². The Bertz CT molecular complexity index is 737. The van der Waals surface area contributed by atoms with Crippen LogP contribution in [0.5, 0.6) is 0 Å². The normalized spacial score (nSPS) is 25.9. The van der Waals surface area contributed by atoms with Crippen LogP contribution < -0.4 is 5.32 Å². The first-order chi connectivity index (χ1) is 12.0. The third kappa shape index (κ3) is 3.33. The number of nitrogens with one attached hydrogen (secondary N) is 1. The van der Waals surface area contributed by atoms with E-state index in [1.165, 1.54) is 25.0 Å². The molecule has 0 bridgehead atoms. The predicted octanol–water partition coefficient (Wildman–Crippen LogP) is 2.60. The lowest BCUT2D eigenvalue weighted by Gasteiger charge is -2.42. The molecule has 4 rings (SSSR count). The van der Waals surface area contributed by atoms with Crippen molar-refractivity contribution in [1.29, 1.82) is 0 Å². The van der Waals surface area contributed by atoms with Crippen molar-refractivity contribution in [2.45, 2.75) is 50.7 Å². The zero-order chi connectivity index (χ0) is 17.6. The number of piperazine rings is 1. The maximum absolute atomic E-state index is 13.5. The highest BCUT2D eigenvalue weighted by Gasteiger charge is 2.36. The van der Waals surface area contributed by atoms with Gasteiger partial charge in [-0.05, 0) is 44.4 Å². The molecule has 1 aliphatic heterocycles. The summed E-state index contributed by atoms with van der Waals surface area (Å²) in [6, 6.07) is 7.61. The Labute approximate surface area is 148 Å². The van der Waals surface area contributed by atoms with Crippen LogP contribution in [0, 0.1) is 5.82 Å². The Morgan fingerprint density at radius 2 is 1.92 bits per heavy atom. The van der Waals surface area contributed by atoms with E-state index in [1.807, 2.05) is 23.9 Å². The molecule has 1 N–H and O–H groups in total. The van der Waals surface area contributed by atoms with Gasteiger partial charge in [0, 0.05) is 38.1 Å². The van der Waals surface area contributed by atoms with E-state index in [0.717, 1.165) is 30.3 Å². The van der Waals surface area contributed by atoms with E-state index in [4.69, 9.17) is 4.98 Å². The second kappa shape index (κ2) is 6.50. The van der Waals surface area contributed by atoms with E-state index in [-0.39, 0.29) is 11.9 Å². The van der Waals surface area contributed by atoms with Crippen LogP contribution in [0.1, 0.15) is 55.9 Å². The molecule has 1 saturated carbocycles. The van der Waals surface area contributed by atoms with E-state index in [1.54, 1.807) is 0 Å². The Morgan fingerprint density at radius 1 is 1.20 bits per heavy atom. The summed E-state index contributed by atoms with van der Waals surface area (Å²) >= 11 is 0. The van der Waals surface area contributed by atoms with Crippen molar-refractivity contribution < 1.29 is 4.39 Å². The molecule has 2 aliphatic rings. The third-order valence-electron chi connectivity index (χ3n) is 5.33. The number of aromatic nitrogens is 3. The summed E-state index contributed by atoms with van der Waals surface area (Å²) in [6.45, 7) is 6.29. The van der Waals surface area contributed by atoms with Crippen LogP contribution in [0.3, 0.4) is 0 Å². The lowest BCUT2D eigenvalue weighted by molar-refractivity contribution is 0.107. The fraction of sp³-hybridized carbons (Fsp3) is 0.579. The van der Waals surface area contributed by atoms with Gasteiger partial charge >= 0.3 is 0 Å². The van der Waals surface area contributed by atoms with Gasteiger partial charge in [0.2, 0.25) is 0 Å².